The number of isocyanates is 1. The molecule has 2 nitrogen and oxygen atoms in total. The molecule has 0 radical (unpaired) electrons. The summed E-state index contributed by atoms with van der Waals surface area (Å²) < 4.78 is 0. The normalized spacial score (nSPS) is 9.93. The standard InChI is InChI=1S/C12H15NO/c1-10(2)12-5-3-11(4-6-12)7-8-13-9-14/h3-6,10H,7-8H2,1-2H3. The van der Waals surface area contributed by atoms with Gasteiger partial charge in [0.05, 0.1) is 6.54 Å². The van der Waals surface area contributed by atoms with Gasteiger partial charge in [0.1, 0.15) is 0 Å². The van der Waals surface area contributed by atoms with Crippen LogP contribution in [-0.2, 0) is 11.2 Å². The van der Waals surface area contributed by atoms with Crippen LogP contribution in [0.2, 0.25) is 0 Å². The zero-order valence-electron chi connectivity index (χ0n) is 8.66. The lowest BCUT2D eigenvalue weighted by molar-refractivity contribution is 0.563. The Morgan fingerprint density at radius 1 is 1.29 bits per heavy atom. The van der Waals surface area contributed by atoms with Crippen molar-refractivity contribution in [1.29, 1.82) is 0 Å². The van der Waals surface area contributed by atoms with Crippen molar-refractivity contribution >= 4 is 6.08 Å². The van der Waals surface area contributed by atoms with Crippen LogP contribution in [0.3, 0.4) is 0 Å². The molecule has 74 valence electrons. The van der Waals surface area contributed by atoms with Gasteiger partial charge in [0.25, 0.3) is 0 Å². The van der Waals surface area contributed by atoms with E-state index in [2.05, 4.69) is 43.1 Å². The van der Waals surface area contributed by atoms with Crippen LogP contribution in [0.1, 0.15) is 30.9 Å². The number of nitrogens with zero attached hydrogens (tertiary/aromatic N) is 1. The minimum atomic E-state index is 0.532. The molecule has 0 heterocycles. The Balaban J connectivity index is 2.59. The molecule has 2 heteroatoms. The molecule has 0 aromatic heterocycles. The molecule has 0 saturated heterocycles. The smallest absolute Gasteiger partial charge is 0.211 e. The lowest BCUT2D eigenvalue weighted by Gasteiger charge is -2.05. The Bertz CT molecular complexity index is 321. The van der Waals surface area contributed by atoms with Crippen LogP contribution in [-0.4, -0.2) is 12.6 Å². The predicted molar refractivity (Wildman–Crippen MR) is 57.2 cm³/mol. The van der Waals surface area contributed by atoms with E-state index in [1.54, 1.807) is 6.08 Å². The van der Waals surface area contributed by atoms with Gasteiger partial charge in [-0.05, 0) is 23.5 Å². The minimum absolute atomic E-state index is 0.532. The molecule has 0 amide bonds. The summed E-state index contributed by atoms with van der Waals surface area (Å²) in [4.78, 5) is 13.4. The highest BCUT2D eigenvalue weighted by atomic mass is 16.1. The number of carbonyl (C=O) groups excluding carboxylic acids is 1. The zero-order valence-corrected chi connectivity index (χ0v) is 8.66. The fraction of sp³-hybridized carbons (Fsp3) is 0.417. The molecule has 0 aliphatic rings. The van der Waals surface area contributed by atoms with Gasteiger partial charge in [0.2, 0.25) is 6.08 Å². The van der Waals surface area contributed by atoms with Crippen molar-refractivity contribution in [2.45, 2.75) is 26.2 Å². The van der Waals surface area contributed by atoms with Crippen molar-refractivity contribution in [1.82, 2.24) is 0 Å². The summed E-state index contributed by atoms with van der Waals surface area (Å²) in [5.74, 6) is 0.567. The maximum Gasteiger partial charge on any atom is 0.234 e. The van der Waals surface area contributed by atoms with E-state index >= 15 is 0 Å². The predicted octanol–water partition coefficient (Wildman–Crippen LogP) is 2.69. The lowest BCUT2D eigenvalue weighted by atomic mass is 10.0. The van der Waals surface area contributed by atoms with Gasteiger partial charge in [-0.25, -0.2) is 9.79 Å². The first-order valence-corrected chi connectivity index (χ1v) is 4.86. The largest absolute Gasteiger partial charge is 0.234 e. The van der Waals surface area contributed by atoms with E-state index in [1.807, 2.05) is 0 Å². The summed E-state index contributed by atoms with van der Waals surface area (Å²) in [6.45, 7) is 4.88. The van der Waals surface area contributed by atoms with Crippen LogP contribution in [0, 0.1) is 0 Å². The van der Waals surface area contributed by atoms with Crippen molar-refractivity contribution < 1.29 is 4.79 Å². The molecule has 0 aliphatic heterocycles. The molecule has 1 aromatic carbocycles. The van der Waals surface area contributed by atoms with E-state index in [-0.39, 0.29) is 0 Å². The van der Waals surface area contributed by atoms with Crippen LogP contribution >= 0.6 is 0 Å². The van der Waals surface area contributed by atoms with Crippen molar-refractivity contribution in [2.24, 2.45) is 4.99 Å². The van der Waals surface area contributed by atoms with Crippen LogP contribution in [0.25, 0.3) is 0 Å². The second-order valence-corrected chi connectivity index (χ2v) is 3.62. The molecule has 1 aromatic rings. The summed E-state index contributed by atoms with van der Waals surface area (Å²) in [5, 5.41) is 0. The average molecular weight is 189 g/mol. The molecule has 0 N–H and O–H groups in total. The summed E-state index contributed by atoms with van der Waals surface area (Å²) in [6.07, 6.45) is 2.36. The fourth-order valence-electron chi connectivity index (χ4n) is 1.30. The van der Waals surface area contributed by atoms with Gasteiger partial charge in [-0.2, -0.15) is 0 Å². The van der Waals surface area contributed by atoms with E-state index in [9.17, 15) is 4.79 Å². The van der Waals surface area contributed by atoms with E-state index in [0.717, 1.165) is 6.42 Å². The van der Waals surface area contributed by atoms with Crippen molar-refractivity contribution in [2.75, 3.05) is 6.54 Å². The van der Waals surface area contributed by atoms with Gasteiger partial charge in [-0.15, -0.1) is 0 Å². The third-order valence-corrected chi connectivity index (χ3v) is 2.22. The monoisotopic (exact) mass is 189 g/mol. The number of hydrogen-bond acceptors (Lipinski definition) is 2. The van der Waals surface area contributed by atoms with Gasteiger partial charge in [-0.1, -0.05) is 38.1 Å². The highest BCUT2D eigenvalue weighted by Gasteiger charge is 1.98. The third-order valence-electron chi connectivity index (χ3n) is 2.22. The highest BCUT2D eigenvalue weighted by Crippen LogP contribution is 2.14. The molecule has 0 unspecified atom stereocenters. The van der Waals surface area contributed by atoms with Gasteiger partial charge in [0, 0.05) is 0 Å². The molecule has 0 spiro atoms. The van der Waals surface area contributed by atoms with Crippen molar-refractivity contribution in [3.05, 3.63) is 35.4 Å². The van der Waals surface area contributed by atoms with Crippen LogP contribution < -0.4 is 0 Å². The minimum Gasteiger partial charge on any atom is -0.211 e. The Morgan fingerprint density at radius 3 is 2.43 bits per heavy atom. The maximum atomic E-state index is 9.85. The summed E-state index contributed by atoms with van der Waals surface area (Å²) in [6, 6.07) is 8.45. The molecule has 1 rings (SSSR count). The maximum absolute atomic E-state index is 9.85. The first kappa shape index (κ1) is 10.7. The molecular weight excluding hydrogens is 174 g/mol. The molecular formula is C12H15NO. The van der Waals surface area contributed by atoms with Gasteiger partial charge in [0.15, 0.2) is 0 Å². The SMILES string of the molecule is CC(C)c1ccc(CCN=C=O)cc1. The van der Waals surface area contributed by atoms with Crippen molar-refractivity contribution in [3.8, 4) is 0 Å². The zero-order chi connectivity index (χ0) is 10.4. The molecule has 0 aliphatic carbocycles. The van der Waals surface area contributed by atoms with Crippen LogP contribution in [0.5, 0.6) is 0 Å². The number of rotatable bonds is 4. The topological polar surface area (TPSA) is 29.4 Å². The quantitative estimate of drug-likeness (QED) is 0.529. The van der Waals surface area contributed by atoms with Crippen molar-refractivity contribution in [3.63, 3.8) is 0 Å². The van der Waals surface area contributed by atoms with Crippen LogP contribution in [0.4, 0.5) is 0 Å². The molecule has 0 fully saturated rings. The van der Waals surface area contributed by atoms with Gasteiger partial charge in [-0.3, -0.25) is 0 Å². The summed E-state index contributed by atoms with van der Waals surface area (Å²) in [5.41, 5.74) is 2.56. The Morgan fingerprint density at radius 2 is 1.93 bits per heavy atom. The molecule has 0 saturated carbocycles. The second-order valence-electron chi connectivity index (χ2n) is 3.62. The fourth-order valence-corrected chi connectivity index (χ4v) is 1.30. The first-order chi connectivity index (χ1) is 6.74. The van der Waals surface area contributed by atoms with Gasteiger partial charge < -0.3 is 0 Å². The average Bonchev–Trinajstić information content (AvgIpc) is 2.19. The molecule has 0 atom stereocenters. The van der Waals surface area contributed by atoms with E-state index in [1.165, 1.54) is 11.1 Å². The van der Waals surface area contributed by atoms with Crippen LogP contribution in [0.15, 0.2) is 29.3 Å². The lowest BCUT2D eigenvalue weighted by Crippen LogP contribution is -1.91. The Labute approximate surface area is 84.7 Å². The number of benzene rings is 1. The second kappa shape index (κ2) is 5.36. The van der Waals surface area contributed by atoms with Gasteiger partial charge >= 0.3 is 0 Å². The van der Waals surface area contributed by atoms with E-state index < -0.39 is 0 Å². The third kappa shape index (κ3) is 3.15. The van der Waals surface area contributed by atoms with E-state index in [4.69, 9.17) is 0 Å². The molecule has 14 heavy (non-hydrogen) atoms. The Kier molecular flexibility index (Phi) is 4.09. The first-order valence-electron chi connectivity index (χ1n) is 4.86. The highest BCUT2D eigenvalue weighted by molar-refractivity contribution is 5.33. The number of hydrogen-bond donors (Lipinski definition) is 0. The Hall–Kier alpha value is -1.40. The summed E-state index contributed by atoms with van der Waals surface area (Å²) in [7, 11) is 0. The molecule has 0 bridgehead atoms. The number of aliphatic imine (C=N–C) groups is 1. The summed E-state index contributed by atoms with van der Waals surface area (Å²) >= 11 is 0. The van der Waals surface area contributed by atoms with E-state index in [0.29, 0.717) is 12.5 Å².